The van der Waals surface area contributed by atoms with Crippen LogP contribution in [-0.4, -0.2) is 12.9 Å². The predicted octanol–water partition coefficient (Wildman–Crippen LogP) is 4.86. The first-order valence-electron chi connectivity index (χ1n) is 7.93. The van der Waals surface area contributed by atoms with Crippen LogP contribution in [-0.2, 0) is 11.2 Å². The van der Waals surface area contributed by atoms with E-state index in [2.05, 4.69) is 31.2 Å². The molecule has 2 heteroatoms. The number of unbranched alkanes of at least 4 members (excludes halogenated alkanes) is 6. The highest BCUT2D eigenvalue weighted by atomic mass is 16.5. The van der Waals surface area contributed by atoms with Gasteiger partial charge in [-0.05, 0) is 49.8 Å². The summed E-state index contributed by atoms with van der Waals surface area (Å²) >= 11 is 0. The van der Waals surface area contributed by atoms with Crippen LogP contribution >= 0.6 is 0 Å². The van der Waals surface area contributed by atoms with E-state index in [4.69, 9.17) is 4.74 Å². The van der Waals surface area contributed by atoms with Crippen molar-refractivity contribution in [3.8, 4) is 5.75 Å². The van der Waals surface area contributed by atoms with Gasteiger partial charge >= 0.3 is 0 Å². The first-order valence-corrected chi connectivity index (χ1v) is 7.93. The summed E-state index contributed by atoms with van der Waals surface area (Å²) in [6.45, 7) is 2.97. The topological polar surface area (TPSA) is 26.3 Å². The number of ether oxygens (including phenoxy) is 1. The number of hydrogen-bond acceptors (Lipinski definition) is 2. The Morgan fingerprint density at radius 3 is 2.40 bits per heavy atom. The normalized spacial score (nSPS) is 10.4. The number of rotatable bonds is 12. The minimum atomic E-state index is 0.548. The Kier molecular flexibility index (Phi) is 9.64. The summed E-state index contributed by atoms with van der Waals surface area (Å²) in [5.41, 5.74) is 1.40. The van der Waals surface area contributed by atoms with Crippen molar-refractivity contribution in [2.45, 2.75) is 64.7 Å². The van der Waals surface area contributed by atoms with Gasteiger partial charge in [0.25, 0.3) is 0 Å². The first-order chi connectivity index (χ1) is 9.86. The molecule has 111 valence electrons. The maximum atomic E-state index is 10.0. The van der Waals surface area contributed by atoms with Crippen molar-refractivity contribution in [1.29, 1.82) is 0 Å². The van der Waals surface area contributed by atoms with Crippen LogP contribution in [0.25, 0.3) is 0 Å². The van der Waals surface area contributed by atoms with Gasteiger partial charge in [-0.25, -0.2) is 0 Å². The fourth-order valence-corrected chi connectivity index (χ4v) is 2.17. The molecule has 1 aromatic carbocycles. The van der Waals surface area contributed by atoms with Gasteiger partial charge in [-0.1, -0.05) is 38.3 Å². The van der Waals surface area contributed by atoms with Gasteiger partial charge in [0.1, 0.15) is 5.75 Å². The van der Waals surface area contributed by atoms with E-state index in [1.807, 2.05) is 6.29 Å². The molecule has 20 heavy (non-hydrogen) atoms. The second-order valence-corrected chi connectivity index (χ2v) is 5.26. The SMILES string of the molecule is CCCCCCc1ccc(OCCCCC[C]=O)cc1. The smallest absolute Gasteiger partial charge is 0.198 e. The predicted molar refractivity (Wildman–Crippen MR) is 83.9 cm³/mol. The molecule has 1 rings (SSSR count). The summed E-state index contributed by atoms with van der Waals surface area (Å²) in [5.74, 6) is 0.948. The van der Waals surface area contributed by atoms with Gasteiger partial charge in [-0.3, -0.25) is 4.79 Å². The first kappa shape index (κ1) is 16.7. The summed E-state index contributed by atoms with van der Waals surface area (Å²) in [6.07, 6.45) is 11.8. The minimum absolute atomic E-state index is 0.548. The van der Waals surface area contributed by atoms with E-state index in [0.29, 0.717) is 6.42 Å². The van der Waals surface area contributed by atoms with Crippen LogP contribution in [0.5, 0.6) is 5.75 Å². The van der Waals surface area contributed by atoms with E-state index in [1.165, 1.54) is 37.7 Å². The highest BCUT2D eigenvalue weighted by Gasteiger charge is 1.97. The molecule has 0 bridgehead atoms. The zero-order valence-corrected chi connectivity index (χ0v) is 12.7. The molecule has 1 radical (unpaired) electrons. The van der Waals surface area contributed by atoms with Gasteiger partial charge in [0.05, 0.1) is 6.61 Å². The van der Waals surface area contributed by atoms with E-state index in [9.17, 15) is 4.79 Å². The molecule has 0 atom stereocenters. The Balaban J connectivity index is 2.13. The number of hydrogen-bond donors (Lipinski definition) is 0. The highest BCUT2D eigenvalue weighted by molar-refractivity contribution is 5.50. The molecule has 0 fully saturated rings. The lowest BCUT2D eigenvalue weighted by Crippen LogP contribution is -1.97. The lowest BCUT2D eigenvalue weighted by Gasteiger charge is -2.07. The summed E-state index contributed by atoms with van der Waals surface area (Å²) in [5, 5.41) is 0. The third kappa shape index (κ3) is 7.98. The molecular weight excluding hydrogens is 248 g/mol. The van der Waals surface area contributed by atoms with Crippen LogP contribution < -0.4 is 4.74 Å². The Morgan fingerprint density at radius 2 is 1.70 bits per heavy atom. The molecule has 1 aromatic rings. The summed E-state index contributed by atoms with van der Waals surface area (Å²) in [7, 11) is 0. The third-order valence-corrected chi connectivity index (χ3v) is 3.43. The van der Waals surface area contributed by atoms with E-state index < -0.39 is 0 Å². The van der Waals surface area contributed by atoms with Gasteiger partial charge < -0.3 is 4.74 Å². The molecule has 0 aromatic heterocycles. The molecule has 0 saturated carbocycles. The monoisotopic (exact) mass is 275 g/mol. The quantitative estimate of drug-likeness (QED) is 0.509. The summed E-state index contributed by atoms with van der Waals surface area (Å²) < 4.78 is 5.69. The molecule has 0 amide bonds. The zero-order valence-electron chi connectivity index (χ0n) is 12.7. The van der Waals surface area contributed by atoms with Crippen LogP contribution in [0.1, 0.15) is 63.9 Å². The molecule has 0 saturated heterocycles. The average Bonchev–Trinajstić information content (AvgIpc) is 2.49. The standard InChI is InChI=1S/C18H27O2/c1-2-3-4-7-10-17-11-13-18(14-12-17)20-16-9-6-5-8-15-19/h11-14H,2-10,16H2,1H3. The molecule has 0 unspecified atom stereocenters. The van der Waals surface area contributed by atoms with Crippen LogP contribution in [0.4, 0.5) is 0 Å². The molecule has 0 aliphatic heterocycles. The van der Waals surface area contributed by atoms with Crippen LogP contribution in [0, 0.1) is 0 Å². The minimum Gasteiger partial charge on any atom is -0.494 e. The van der Waals surface area contributed by atoms with E-state index in [-0.39, 0.29) is 0 Å². The van der Waals surface area contributed by atoms with Crippen molar-refractivity contribution in [2.75, 3.05) is 6.61 Å². The Morgan fingerprint density at radius 1 is 0.950 bits per heavy atom. The Labute approximate surface area is 123 Å². The molecule has 0 aliphatic rings. The molecule has 0 spiro atoms. The number of benzene rings is 1. The van der Waals surface area contributed by atoms with Gasteiger partial charge in [0.15, 0.2) is 6.29 Å². The van der Waals surface area contributed by atoms with Crippen LogP contribution in [0.2, 0.25) is 0 Å². The zero-order chi connectivity index (χ0) is 14.5. The number of aryl methyl sites for hydroxylation is 1. The Bertz CT molecular complexity index is 343. The summed E-state index contributed by atoms with van der Waals surface area (Å²) in [4.78, 5) is 10.0. The van der Waals surface area contributed by atoms with Gasteiger partial charge in [-0.2, -0.15) is 0 Å². The average molecular weight is 275 g/mol. The fraction of sp³-hybridized carbons (Fsp3) is 0.611. The van der Waals surface area contributed by atoms with Crippen molar-refractivity contribution in [1.82, 2.24) is 0 Å². The largest absolute Gasteiger partial charge is 0.494 e. The van der Waals surface area contributed by atoms with Gasteiger partial charge in [-0.15, -0.1) is 0 Å². The molecule has 2 nitrogen and oxygen atoms in total. The van der Waals surface area contributed by atoms with Crippen molar-refractivity contribution in [3.05, 3.63) is 29.8 Å². The van der Waals surface area contributed by atoms with Crippen LogP contribution in [0.15, 0.2) is 24.3 Å². The maximum absolute atomic E-state index is 10.0. The fourth-order valence-electron chi connectivity index (χ4n) is 2.17. The number of carbonyl (C=O) groups excluding carboxylic acids is 1. The molecular formula is C18H27O2. The molecule has 0 N–H and O–H groups in total. The van der Waals surface area contributed by atoms with E-state index >= 15 is 0 Å². The van der Waals surface area contributed by atoms with E-state index in [0.717, 1.165) is 31.6 Å². The van der Waals surface area contributed by atoms with Gasteiger partial charge in [0, 0.05) is 6.42 Å². The molecule has 0 heterocycles. The highest BCUT2D eigenvalue weighted by Crippen LogP contribution is 2.15. The van der Waals surface area contributed by atoms with Crippen LogP contribution in [0.3, 0.4) is 0 Å². The van der Waals surface area contributed by atoms with Gasteiger partial charge in [0.2, 0.25) is 0 Å². The summed E-state index contributed by atoms with van der Waals surface area (Å²) in [6, 6.07) is 8.47. The van der Waals surface area contributed by atoms with Crippen molar-refractivity contribution in [2.24, 2.45) is 0 Å². The second-order valence-electron chi connectivity index (χ2n) is 5.26. The van der Waals surface area contributed by atoms with E-state index in [1.54, 1.807) is 0 Å². The molecule has 0 aliphatic carbocycles. The maximum Gasteiger partial charge on any atom is 0.198 e. The van der Waals surface area contributed by atoms with Crippen molar-refractivity contribution in [3.63, 3.8) is 0 Å². The van der Waals surface area contributed by atoms with Crippen molar-refractivity contribution < 1.29 is 9.53 Å². The van der Waals surface area contributed by atoms with Crippen molar-refractivity contribution >= 4 is 6.29 Å². The lowest BCUT2D eigenvalue weighted by molar-refractivity contribution is 0.305. The Hall–Kier alpha value is -1.31. The lowest BCUT2D eigenvalue weighted by atomic mass is 10.1. The third-order valence-electron chi connectivity index (χ3n) is 3.43. The second kappa shape index (κ2) is 11.5.